The fraction of sp³-hybridized carbons (Fsp3) is 0.647. The van der Waals surface area contributed by atoms with Crippen LogP contribution in [0.2, 0.25) is 0 Å². The zero-order valence-electron chi connectivity index (χ0n) is 12.4. The van der Waals surface area contributed by atoms with E-state index in [9.17, 15) is 0 Å². The summed E-state index contributed by atoms with van der Waals surface area (Å²) in [5.41, 5.74) is 2.91. The lowest BCUT2D eigenvalue weighted by molar-refractivity contribution is 0.515. The highest BCUT2D eigenvalue weighted by Crippen LogP contribution is 2.10. The van der Waals surface area contributed by atoms with E-state index in [0.717, 1.165) is 24.8 Å². The Balaban J connectivity index is 1.65. The van der Waals surface area contributed by atoms with E-state index in [2.05, 4.69) is 48.7 Å². The first-order chi connectivity index (χ1) is 9.24. The average Bonchev–Trinajstić information content (AvgIpc) is 2.89. The van der Waals surface area contributed by atoms with Crippen molar-refractivity contribution in [2.24, 2.45) is 11.8 Å². The molecule has 1 aliphatic heterocycles. The Hall–Kier alpha value is -0.860. The third kappa shape index (κ3) is 5.33. The molecule has 0 aromatic heterocycles. The van der Waals surface area contributed by atoms with Crippen molar-refractivity contribution in [1.29, 1.82) is 0 Å². The maximum Gasteiger partial charge on any atom is -0.000777 e. The zero-order chi connectivity index (χ0) is 13.5. The molecule has 1 aliphatic rings. The molecule has 0 radical (unpaired) electrons. The predicted octanol–water partition coefficient (Wildman–Crippen LogP) is 2.63. The summed E-state index contributed by atoms with van der Waals surface area (Å²) >= 11 is 0. The van der Waals surface area contributed by atoms with Crippen molar-refractivity contribution in [3.8, 4) is 0 Å². The van der Waals surface area contributed by atoms with Crippen LogP contribution >= 0.6 is 0 Å². The molecule has 0 spiro atoms. The summed E-state index contributed by atoms with van der Waals surface area (Å²) in [7, 11) is 0. The minimum atomic E-state index is 0.743. The summed E-state index contributed by atoms with van der Waals surface area (Å²) in [4.78, 5) is 0. The normalized spacial score (nSPS) is 19.2. The minimum absolute atomic E-state index is 0.743. The molecule has 1 aromatic rings. The van der Waals surface area contributed by atoms with Crippen molar-refractivity contribution in [3.05, 3.63) is 35.4 Å². The van der Waals surface area contributed by atoms with Crippen LogP contribution in [-0.4, -0.2) is 26.2 Å². The summed E-state index contributed by atoms with van der Waals surface area (Å²) in [6, 6.07) is 9.15. The van der Waals surface area contributed by atoms with Gasteiger partial charge in [-0.05, 0) is 68.4 Å². The molecule has 0 amide bonds. The van der Waals surface area contributed by atoms with Crippen molar-refractivity contribution in [2.75, 3.05) is 26.2 Å². The lowest BCUT2D eigenvalue weighted by Gasteiger charge is -2.10. The first-order valence-electron chi connectivity index (χ1n) is 7.73. The fourth-order valence-electron chi connectivity index (χ4n) is 2.74. The van der Waals surface area contributed by atoms with Crippen molar-refractivity contribution in [2.45, 2.75) is 33.1 Å². The molecule has 2 heteroatoms. The average molecular weight is 260 g/mol. The molecule has 0 bridgehead atoms. The number of nitrogens with one attached hydrogen (secondary N) is 2. The van der Waals surface area contributed by atoms with E-state index >= 15 is 0 Å². The van der Waals surface area contributed by atoms with E-state index in [1.807, 2.05) is 0 Å². The molecule has 19 heavy (non-hydrogen) atoms. The first-order valence-corrected chi connectivity index (χ1v) is 7.73. The molecule has 1 aromatic carbocycles. The Bertz CT molecular complexity index is 350. The zero-order valence-corrected chi connectivity index (χ0v) is 12.4. The summed E-state index contributed by atoms with van der Waals surface area (Å²) in [6.07, 6.45) is 3.66. The molecule has 1 fully saturated rings. The van der Waals surface area contributed by atoms with Crippen LogP contribution in [0, 0.1) is 11.8 Å². The van der Waals surface area contributed by atoms with Gasteiger partial charge in [0.2, 0.25) is 0 Å². The van der Waals surface area contributed by atoms with Crippen LogP contribution < -0.4 is 10.6 Å². The molecular weight excluding hydrogens is 232 g/mol. The van der Waals surface area contributed by atoms with E-state index < -0.39 is 0 Å². The van der Waals surface area contributed by atoms with E-state index in [4.69, 9.17) is 0 Å². The van der Waals surface area contributed by atoms with Crippen LogP contribution in [0.15, 0.2) is 24.3 Å². The van der Waals surface area contributed by atoms with Gasteiger partial charge < -0.3 is 10.6 Å². The maximum absolute atomic E-state index is 3.58. The molecule has 2 nitrogen and oxygen atoms in total. The van der Waals surface area contributed by atoms with E-state index in [-0.39, 0.29) is 0 Å². The Labute approximate surface area is 118 Å². The van der Waals surface area contributed by atoms with E-state index in [1.54, 1.807) is 0 Å². The molecule has 1 atom stereocenters. The van der Waals surface area contributed by atoms with Crippen molar-refractivity contribution in [3.63, 3.8) is 0 Å². The molecule has 0 aliphatic carbocycles. The molecule has 0 saturated carbocycles. The smallest absolute Gasteiger partial charge is 0.000777 e. The molecule has 106 valence electrons. The van der Waals surface area contributed by atoms with Gasteiger partial charge in [-0.3, -0.25) is 0 Å². The quantitative estimate of drug-likeness (QED) is 0.737. The van der Waals surface area contributed by atoms with Gasteiger partial charge in [-0.1, -0.05) is 38.1 Å². The summed E-state index contributed by atoms with van der Waals surface area (Å²) in [6.45, 7) is 9.20. The maximum atomic E-state index is 3.58. The van der Waals surface area contributed by atoms with Gasteiger partial charge in [-0.25, -0.2) is 0 Å². The van der Waals surface area contributed by atoms with Gasteiger partial charge in [0.25, 0.3) is 0 Å². The van der Waals surface area contributed by atoms with Gasteiger partial charge in [0.05, 0.1) is 0 Å². The monoisotopic (exact) mass is 260 g/mol. The predicted molar refractivity (Wildman–Crippen MR) is 82.5 cm³/mol. The second kappa shape index (κ2) is 7.66. The largest absolute Gasteiger partial charge is 0.316 e. The van der Waals surface area contributed by atoms with Crippen LogP contribution in [0.3, 0.4) is 0 Å². The van der Waals surface area contributed by atoms with E-state index in [1.165, 1.54) is 43.6 Å². The highest BCUT2D eigenvalue weighted by atomic mass is 14.9. The molecule has 2 rings (SSSR count). The Kier molecular flexibility index (Phi) is 5.87. The number of rotatable bonds is 7. The van der Waals surface area contributed by atoms with Crippen molar-refractivity contribution in [1.82, 2.24) is 10.6 Å². The SMILES string of the molecule is CC(C)Cc1ccc(CCNCC2CCNC2)cc1. The fourth-order valence-corrected chi connectivity index (χ4v) is 2.74. The molecule has 2 N–H and O–H groups in total. The van der Waals surface area contributed by atoms with Gasteiger partial charge in [0.15, 0.2) is 0 Å². The number of hydrogen-bond acceptors (Lipinski definition) is 2. The van der Waals surface area contributed by atoms with Gasteiger partial charge in [-0.15, -0.1) is 0 Å². The van der Waals surface area contributed by atoms with Crippen molar-refractivity contribution >= 4 is 0 Å². The summed E-state index contributed by atoms with van der Waals surface area (Å²) in [5, 5.41) is 7.00. The Morgan fingerprint density at radius 3 is 2.58 bits per heavy atom. The molecule has 1 heterocycles. The van der Waals surface area contributed by atoms with Crippen LogP contribution in [0.5, 0.6) is 0 Å². The summed E-state index contributed by atoms with van der Waals surface area (Å²) < 4.78 is 0. The van der Waals surface area contributed by atoms with Crippen molar-refractivity contribution < 1.29 is 0 Å². The van der Waals surface area contributed by atoms with Gasteiger partial charge in [0.1, 0.15) is 0 Å². The highest BCUT2D eigenvalue weighted by Gasteiger charge is 2.12. The van der Waals surface area contributed by atoms with Crippen LogP contribution in [-0.2, 0) is 12.8 Å². The Morgan fingerprint density at radius 2 is 1.95 bits per heavy atom. The lowest BCUT2D eigenvalue weighted by Crippen LogP contribution is -2.26. The lowest BCUT2D eigenvalue weighted by atomic mass is 10.0. The second-order valence-corrected chi connectivity index (χ2v) is 6.23. The molecule has 1 saturated heterocycles. The highest BCUT2D eigenvalue weighted by molar-refractivity contribution is 5.23. The summed E-state index contributed by atoms with van der Waals surface area (Å²) in [5.74, 6) is 1.58. The standard InChI is InChI=1S/C17H28N2/c1-14(2)11-16-5-3-15(4-6-16)7-9-18-12-17-8-10-19-13-17/h3-6,14,17-19H,7-13H2,1-2H3. The third-order valence-electron chi connectivity index (χ3n) is 3.85. The van der Waals surface area contributed by atoms with Crippen LogP contribution in [0.1, 0.15) is 31.4 Å². The molecule has 1 unspecified atom stereocenters. The third-order valence-corrected chi connectivity index (χ3v) is 3.85. The molecular formula is C17H28N2. The Morgan fingerprint density at radius 1 is 1.21 bits per heavy atom. The van der Waals surface area contributed by atoms with Crippen LogP contribution in [0.25, 0.3) is 0 Å². The number of hydrogen-bond donors (Lipinski definition) is 2. The topological polar surface area (TPSA) is 24.1 Å². The minimum Gasteiger partial charge on any atom is -0.316 e. The van der Waals surface area contributed by atoms with Gasteiger partial charge in [0, 0.05) is 0 Å². The first kappa shape index (κ1) is 14.5. The number of benzene rings is 1. The second-order valence-electron chi connectivity index (χ2n) is 6.23. The van der Waals surface area contributed by atoms with E-state index in [0.29, 0.717) is 0 Å². The van der Waals surface area contributed by atoms with Gasteiger partial charge >= 0.3 is 0 Å². The van der Waals surface area contributed by atoms with Crippen LogP contribution in [0.4, 0.5) is 0 Å². The van der Waals surface area contributed by atoms with Gasteiger partial charge in [-0.2, -0.15) is 0 Å².